The van der Waals surface area contributed by atoms with Gasteiger partial charge < -0.3 is 10.2 Å². The van der Waals surface area contributed by atoms with Crippen molar-refractivity contribution in [1.29, 1.82) is 0 Å². The van der Waals surface area contributed by atoms with E-state index in [1.165, 1.54) is 26.1 Å². The van der Waals surface area contributed by atoms with E-state index in [1.54, 1.807) is 0 Å². The van der Waals surface area contributed by atoms with Gasteiger partial charge in [0.15, 0.2) is 0 Å². The summed E-state index contributed by atoms with van der Waals surface area (Å²) < 4.78 is 0. The SMILES string of the molecule is CN(C)CCC1CNC1.Cl.Cl. The van der Waals surface area contributed by atoms with Crippen LogP contribution in [0.15, 0.2) is 0 Å². The van der Waals surface area contributed by atoms with Crippen molar-refractivity contribution >= 4 is 24.8 Å². The molecule has 0 aromatic rings. The zero-order chi connectivity index (χ0) is 6.69. The Hall–Kier alpha value is 0.500. The van der Waals surface area contributed by atoms with E-state index in [2.05, 4.69) is 24.3 Å². The normalized spacial score (nSPS) is 16.6. The first kappa shape index (κ1) is 14.0. The molecule has 0 aliphatic carbocycles. The second-order valence-electron chi connectivity index (χ2n) is 3.12. The molecule has 1 rings (SSSR count). The molecular formula is C7H18Cl2N2. The summed E-state index contributed by atoms with van der Waals surface area (Å²) in [6.45, 7) is 3.73. The lowest BCUT2D eigenvalue weighted by atomic mass is 9.99. The lowest BCUT2D eigenvalue weighted by molar-refractivity contribution is 0.281. The maximum Gasteiger partial charge on any atom is -0.000778 e. The van der Waals surface area contributed by atoms with Crippen molar-refractivity contribution in [2.24, 2.45) is 5.92 Å². The Morgan fingerprint density at radius 1 is 1.27 bits per heavy atom. The average Bonchev–Trinajstić information content (AvgIpc) is 1.60. The second kappa shape index (κ2) is 7.17. The lowest BCUT2D eigenvalue weighted by Crippen LogP contribution is -2.43. The summed E-state index contributed by atoms with van der Waals surface area (Å²) in [5.74, 6) is 0.965. The van der Waals surface area contributed by atoms with Crippen LogP contribution in [0.2, 0.25) is 0 Å². The van der Waals surface area contributed by atoms with Gasteiger partial charge in [-0.1, -0.05) is 0 Å². The van der Waals surface area contributed by atoms with Crippen molar-refractivity contribution in [2.45, 2.75) is 6.42 Å². The number of hydrogen-bond donors (Lipinski definition) is 1. The molecule has 0 spiro atoms. The quantitative estimate of drug-likeness (QED) is 0.732. The smallest absolute Gasteiger partial charge is 0.000778 e. The molecule has 1 aliphatic rings. The van der Waals surface area contributed by atoms with Crippen molar-refractivity contribution < 1.29 is 0 Å². The minimum Gasteiger partial charge on any atom is -0.316 e. The Balaban J connectivity index is 0. The lowest BCUT2D eigenvalue weighted by Gasteiger charge is -2.27. The maximum atomic E-state index is 3.27. The molecule has 0 unspecified atom stereocenters. The highest BCUT2D eigenvalue weighted by atomic mass is 35.5. The Labute approximate surface area is 81.5 Å². The van der Waals surface area contributed by atoms with E-state index in [0.29, 0.717) is 0 Å². The van der Waals surface area contributed by atoms with Crippen LogP contribution in [0.1, 0.15) is 6.42 Å². The van der Waals surface area contributed by atoms with Gasteiger partial charge in [-0.15, -0.1) is 24.8 Å². The minimum absolute atomic E-state index is 0. The predicted octanol–water partition coefficient (Wildman–Crippen LogP) is 1.00. The van der Waals surface area contributed by atoms with Crippen molar-refractivity contribution in [2.75, 3.05) is 33.7 Å². The van der Waals surface area contributed by atoms with E-state index in [1.807, 2.05) is 0 Å². The molecule has 0 bridgehead atoms. The van der Waals surface area contributed by atoms with Crippen molar-refractivity contribution in [3.63, 3.8) is 0 Å². The van der Waals surface area contributed by atoms with Gasteiger partial charge in [0.2, 0.25) is 0 Å². The topological polar surface area (TPSA) is 15.3 Å². The molecule has 1 heterocycles. The van der Waals surface area contributed by atoms with Crippen molar-refractivity contribution in [3.8, 4) is 0 Å². The summed E-state index contributed by atoms with van der Waals surface area (Å²) in [5.41, 5.74) is 0. The van der Waals surface area contributed by atoms with Crippen LogP contribution in [0.3, 0.4) is 0 Å². The molecule has 0 radical (unpaired) electrons. The molecule has 70 valence electrons. The van der Waals surface area contributed by atoms with Crippen LogP contribution in [0, 0.1) is 5.92 Å². The summed E-state index contributed by atoms with van der Waals surface area (Å²) in [5, 5.41) is 3.27. The van der Waals surface area contributed by atoms with Crippen LogP contribution >= 0.6 is 24.8 Å². The second-order valence-corrected chi connectivity index (χ2v) is 3.12. The highest BCUT2D eigenvalue weighted by Crippen LogP contribution is 2.07. The molecule has 1 N–H and O–H groups in total. The molecule has 0 aromatic heterocycles. The summed E-state index contributed by atoms with van der Waals surface area (Å²) in [6.07, 6.45) is 1.36. The minimum atomic E-state index is 0. The first-order valence-corrected chi connectivity index (χ1v) is 3.64. The largest absolute Gasteiger partial charge is 0.316 e. The van der Waals surface area contributed by atoms with E-state index in [9.17, 15) is 0 Å². The Morgan fingerprint density at radius 2 is 1.82 bits per heavy atom. The maximum absolute atomic E-state index is 3.27. The highest BCUT2D eigenvalue weighted by Gasteiger charge is 2.15. The van der Waals surface area contributed by atoms with Crippen LogP contribution in [-0.4, -0.2) is 38.6 Å². The third kappa shape index (κ3) is 5.74. The fourth-order valence-corrected chi connectivity index (χ4v) is 0.993. The van der Waals surface area contributed by atoms with E-state index in [4.69, 9.17) is 0 Å². The third-order valence-corrected chi connectivity index (χ3v) is 1.85. The number of nitrogens with zero attached hydrogens (tertiary/aromatic N) is 1. The molecule has 0 saturated carbocycles. The number of rotatable bonds is 3. The summed E-state index contributed by atoms with van der Waals surface area (Å²) in [7, 11) is 4.26. The van der Waals surface area contributed by atoms with Crippen LogP contribution in [-0.2, 0) is 0 Å². The molecule has 0 amide bonds. The molecule has 1 aliphatic heterocycles. The molecular weight excluding hydrogens is 183 g/mol. The van der Waals surface area contributed by atoms with E-state index >= 15 is 0 Å². The van der Waals surface area contributed by atoms with E-state index in [-0.39, 0.29) is 24.8 Å². The van der Waals surface area contributed by atoms with Crippen molar-refractivity contribution in [1.82, 2.24) is 10.2 Å². The summed E-state index contributed by atoms with van der Waals surface area (Å²) in [6, 6.07) is 0. The number of halogens is 2. The van der Waals surface area contributed by atoms with Gasteiger partial charge in [0, 0.05) is 0 Å². The zero-order valence-electron chi connectivity index (χ0n) is 7.17. The van der Waals surface area contributed by atoms with Gasteiger partial charge in [-0.25, -0.2) is 0 Å². The Kier molecular flexibility index (Phi) is 9.15. The predicted molar refractivity (Wildman–Crippen MR) is 54.0 cm³/mol. The first-order chi connectivity index (χ1) is 4.29. The Bertz CT molecular complexity index is 84.5. The third-order valence-electron chi connectivity index (χ3n) is 1.85. The van der Waals surface area contributed by atoms with Gasteiger partial charge in [0.25, 0.3) is 0 Å². The zero-order valence-corrected chi connectivity index (χ0v) is 8.80. The van der Waals surface area contributed by atoms with Crippen LogP contribution in [0.4, 0.5) is 0 Å². The van der Waals surface area contributed by atoms with Crippen LogP contribution in [0.5, 0.6) is 0 Å². The summed E-state index contributed by atoms with van der Waals surface area (Å²) >= 11 is 0. The molecule has 4 heteroatoms. The first-order valence-electron chi connectivity index (χ1n) is 3.64. The standard InChI is InChI=1S/C7H16N2.2ClH/c1-9(2)4-3-7-5-8-6-7;;/h7-8H,3-6H2,1-2H3;2*1H. The molecule has 0 aromatic carbocycles. The molecule has 1 fully saturated rings. The van der Waals surface area contributed by atoms with Gasteiger partial charge in [-0.05, 0) is 46.1 Å². The van der Waals surface area contributed by atoms with Gasteiger partial charge in [-0.3, -0.25) is 0 Å². The fourth-order valence-electron chi connectivity index (χ4n) is 0.993. The number of nitrogens with one attached hydrogen (secondary N) is 1. The van der Waals surface area contributed by atoms with Gasteiger partial charge in [-0.2, -0.15) is 0 Å². The van der Waals surface area contributed by atoms with E-state index in [0.717, 1.165) is 5.92 Å². The van der Waals surface area contributed by atoms with Gasteiger partial charge in [0.1, 0.15) is 0 Å². The molecule has 1 saturated heterocycles. The fraction of sp³-hybridized carbons (Fsp3) is 1.00. The van der Waals surface area contributed by atoms with E-state index < -0.39 is 0 Å². The summed E-state index contributed by atoms with van der Waals surface area (Å²) in [4.78, 5) is 2.25. The Morgan fingerprint density at radius 3 is 2.09 bits per heavy atom. The molecule has 11 heavy (non-hydrogen) atoms. The monoisotopic (exact) mass is 200 g/mol. The molecule has 2 nitrogen and oxygen atoms in total. The average molecular weight is 201 g/mol. The molecule has 0 atom stereocenters. The van der Waals surface area contributed by atoms with Crippen LogP contribution < -0.4 is 5.32 Å². The number of hydrogen-bond acceptors (Lipinski definition) is 2. The van der Waals surface area contributed by atoms with Crippen molar-refractivity contribution in [3.05, 3.63) is 0 Å². The van der Waals surface area contributed by atoms with Crippen LogP contribution in [0.25, 0.3) is 0 Å². The van der Waals surface area contributed by atoms with Gasteiger partial charge in [0.05, 0.1) is 0 Å². The highest BCUT2D eigenvalue weighted by molar-refractivity contribution is 5.85. The van der Waals surface area contributed by atoms with Gasteiger partial charge >= 0.3 is 0 Å².